The first-order chi connectivity index (χ1) is 3.64. The molecule has 1 aliphatic rings. The summed E-state index contributed by atoms with van der Waals surface area (Å²) in [5, 5.41) is 1.91. The van der Waals surface area contributed by atoms with Crippen molar-refractivity contribution in [2.24, 2.45) is 11.3 Å². The molecule has 0 unspecified atom stereocenters. The second-order valence-corrected chi connectivity index (χ2v) is 3.74. The molecule has 0 N–H and O–H groups in total. The molecule has 0 saturated heterocycles. The lowest BCUT2D eigenvalue weighted by atomic mass is 9.65. The molecule has 0 spiro atoms. The van der Waals surface area contributed by atoms with E-state index < -0.39 is 0 Å². The average Bonchev–Trinajstić information content (AvgIpc) is 1.60. The van der Waals surface area contributed by atoms with E-state index in [-0.39, 0.29) is 0 Å². The highest BCUT2D eigenvalue weighted by molar-refractivity contribution is 7.79. The van der Waals surface area contributed by atoms with Gasteiger partial charge in [-0.2, -0.15) is 0 Å². The molecule has 0 aliphatic heterocycles. The highest BCUT2D eigenvalue weighted by Crippen LogP contribution is 2.43. The third kappa shape index (κ3) is 1.08. The zero-order valence-corrected chi connectivity index (χ0v) is 6.29. The minimum atomic E-state index is 0.597. The summed E-state index contributed by atoms with van der Waals surface area (Å²) >= 11 is 4.80. The summed E-state index contributed by atoms with van der Waals surface area (Å²) in [6.45, 7) is 4.59. The van der Waals surface area contributed by atoms with E-state index in [4.69, 9.17) is 12.2 Å². The molecule has 0 bridgehead atoms. The molecular formula is C7H12S. The fourth-order valence-electron chi connectivity index (χ4n) is 1.46. The summed E-state index contributed by atoms with van der Waals surface area (Å²) in [4.78, 5) is 0. The van der Waals surface area contributed by atoms with Crippen molar-refractivity contribution in [2.75, 3.05) is 0 Å². The van der Waals surface area contributed by atoms with Gasteiger partial charge in [0, 0.05) is 0 Å². The van der Waals surface area contributed by atoms with Crippen molar-refractivity contribution in [1.82, 2.24) is 0 Å². The maximum Gasteiger partial charge on any atom is -0.0118 e. The van der Waals surface area contributed by atoms with Crippen molar-refractivity contribution in [3.63, 3.8) is 0 Å². The number of hydrogen-bond donors (Lipinski definition) is 0. The third-order valence-corrected chi connectivity index (χ3v) is 2.21. The van der Waals surface area contributed by atoms with Crippen LogP contribution in [0.1, 0.15) is 26.7 Å². The van der Waals surface area contributed by atoms with Crippen LogP contribution in [0.2, 0.25) is 0 Å². The maximum absolute atomic E-state index is 4.80. The predicted octanol–water partition coefficient (Wildman–Crippen LogP) is 2.42. The lowest BCUT2D eigenvalue weighted by Crippen LogP contribution is -2.31. The molecule has 8 heavy (non-hydrogen) atoms. The molecule has 0 nitrogen and oxygen atoms in total. The Kier molecular flexibility index (Phi) is 1.40. The van der Waals surface area contributed by atoms with Crippen molar-refractivity contribution < 1.29 is 0 Å². The summed E-state index contributed by atoms with van der Waals surface area (Å²) in [7, 11) is 0. The minimum Gasteiger partial charge on any atom is -0.0932 e. The molecule has 0 aromatic rings. The van der Waals surface area contributed by atoms with Crippen LogP contribution in [-0.2, 0) is 0 Å². The van der Waals surface area contributed by atoms with Crippen LogP contribution in [-0.4, -0.2) is 5.37 Å². The summed E-state index contributed by atoms with van der Waals surface area (Å²) in [6, 6.07) is 0. The average molecular weight is 128 g/mol. The van der Waals surface area contributed by atoms with Gasteiger partial charge in [0.2, 0.25) is 0 Å². The van der Waals surface area contributed by atoms with E-state index >= 15 is 0 Å². The van der Waals surface area contributed by atoms with Crippen molar-refractivity contribution >= 4 is 17.6 Å². The zero-order chi connectivity index (χ0) is 6.20. The van der Waals surface area contributed by atoms with E-state index in [0.717, 1.165) is 5.92 Å². The van der Waals surface area contributed by atoms with Crippen LogP contribution < -0.4 is 0 Å². The monoisotopic (exact) mass is 128 g/mol. The second-order valence-electron chi connectivity index (χ2n) is 3.47. The van der Waals surface area contributed by atoms with Crippen molar-refractivity contribution in [3.8, 4) is 0 Å². The van der Waals surface area contributed by atoms with Crippen LogP contribution in [0.25, 0.3) is 0 Å². The molecule has 0 aromatic carbocycles. The molecule has 0 radical (unpaired) electrons. The van der Waals surface area contributed by atoms with Gasteiger partial charge in [-0.25, -0.2) is 0 Å². The smallest absolute Gasteiger partial charge is 0.0118 e. The van der Waals surface area contributed by atoms with Crippen LogP contribution >= 0.6 is 12.2 Å². The Bertz CT molecular complexity index is 97.0. The molecule has 0 amide bonds. The largest absolute Gasteiger partial charge is 0.0932 e. The van der Waals surface area contributed by atoms with Gasteiger partial charge >= 0.3 is 0 Å². The van der Waals surface area contributed by atoms with E-state index in [1.165, 1.54) is 12.8 Å². The van der Waals surface area contributed by atoms with E-state index in [9.17, 15) is 0 Å². The van der Waals surface area contributed by atoms with Crippen LogP contribution in [0.5, 0.6) is 0 Å². The van der Waals surface area contributed by atoms with Gasteiger partial charge < -0.3 is 0 Å². The van der Waals surface area contributed by atoms with Crippen molar-refractivity contribution in [3.05, 3.63) is 0 Å². The highest BCUT2D eigenvalue weighted by Gasteiger charge is 2.33. The highest BCUT2D eigenvalue weighted by atomic mass is 32.1. The number of hydrogen-bond acceptors (Lipinski definition) is 1. The Labute approximate surface area is 56.3 Å². The molecule has 1 saturated carbocycles. The zero-order valence-electron chi connectivity index (χ0n) is 5.48. The summed E-state index contributed by atoms with van der Waals surface area (Å²) in [5.74, 6) is 0.750. The fraction of sp³-hybridized carbons (Fsp3) is 0.857. The van der Waals surface area contributed by atoms with Crippen LogP contribution in [0.3, 0.4) is 0 Å². The Morgan fingerprint density at radius 1 is 1.50 bits per heavy atom. The SMILES string of the molecule is CC1(C)CC(C=S)C1. The van der Waals surface area contributed by atoms with E-state index in [0.29, 0.717) is 5.41 Å². The Balaban J connectivity index is 2.31. The molecule has 1 heteroatoms. The summed E-state index contributed by atoms with van der Waals surface area (Å²) in [6.07, 6.45) is 2.60. The van der Waals surface area contributed by atoms with Gasteiger partial charge in [-0.3, -0.25) is 0 Å². The quantitative estimate of drug-likeness (QED) is 0.489. The molecule has 0 aromatic heterocycles. The Hall–Kier alpha value is 0.0900. The molecule has 0 atom stereocenters. The first-order valence-corrected chi connectivity index (χ1v) is 3.56. The minimum absolute atomic E-state index is 0.597. The molecule has 1 aliphatic carbocycles. The van der Waals surface area contributed by atoms with Gasteiger partial charge in [-0.05, 0) is 29.5 Å². The fourth-order valence-corrected chi connectivity index (χ4v) is 1.65. The number of thiocarbonyl (C=S) groups is 1. The van der Waals surface area contributed by atoms with Gasteiger partial charge in [0.05, 0.1) is 0 Å². The standard InChI is InChI=1S/C7H12S/c1-7(2)3-6(4-7)5-8/h5-6H,3-4H2,1-2H3. The Morgan fingerprint density at radius 2 is 2.00 bits per heavy atom. The normalized spacial score (nSPS) is 26.8. The third-order valence-electron chi connectivity index (χ3n) is 1.82. The summed E-state index contributed by atoms with van der Waals surface area (Å²) in [5.41, 5.74) is 0.597. The van der Waals surface area contributed by atoms with Gasteiger partial charge in [0.25, 0.3) is 0 Å². The molecule has 1 rings (SSSR count). The van der Waals surface area contributed by atoms with Crippen molar-refractivity contribution in [1.29, 1.82) is 0 Å². The van der Waals surface area contributed by atoms with Crippen molar-refractivity contribution in [2.45, 2.75) is 26.7 Å². The lowest BCUT2D eigenvalue weighted by molar-refractivity contribution is 0.149. The summed E-state index contributed by atoms with van der Waals surface area (Å²) < 4.78 is 0. The van der Waals surface area contributed by atoms with E-state index in [1.54, 1.807) is 0 Å². The van der Waals surface area contributed by atoms with E-state index in [2.05, 4.69) is 13.8 Å². The number of rotatable bonds is 1. The van der Waals surface area contributed by atoms with Gasteiger partial charge in [0.1, 0.15) is 0 Å². The first kappa shape index (κ1) is 6.21. The molecule has 0 heterocycles. The first-order valence-electron chi connectivity index (χ1n) is 3.09. The lowest BCUT2D eigenvalue weighted by Gasteiger charge is -2.40. The van der Waals surface area contributed by atoms with E-state index in [1.807, 2.05) is 5.37 Å². The van der Waals surface area contributed by atoms with Crippen LogP contribution in [0.4, 0.5) is 0 Å². The molecule has 46 valence electrons. The van der Waals surface area contributed by atoms with Gasteiger partial charge in [-0.15, -0.1) is 0 Å². The Morgan fingerprint density at radius 3 is 2.12 bits per heavy atom. The van der Waals surface area contributed by atoms with Crippen LogP contribution in [0, 0.1) is 11.3 Å². The van der Waals surface area contributed by atoms with Gasteiger partial charge in [-0.1, -0.05) is 26.1 Å². The van der Waals surface area contributed by atoms with Crippen LogP contribution in [0.15, 0.2) is 0 Å². The molecular weight excluding hydrogens is 116 g/mol. The topological polar surface area (TPSA) is 0 Å². The molecule has 1 fully saturated rings. The second kappa shape index (κ2) is 1.80. The predicted molar refractivity (Wildman–Crippen MR) is 40.2 cm³/mol. The van der Waals surface area contributed by atoms with Gasteiger partial charge in [0.15, 0.2) is 0 Å². The maximum atomic E-state index is 4.80.